The molecule has 1 aliphatic heterocycles. The zero-order valence-corrected chi connectivity index (χ0v) is 14.7. The molecule has 1 amide bonds. The first-order valence-corrected chi connectivity index (χ1v) is 8.69. The van der Waals surface area contributed by atoms with E-state index in [1.165, 1.54) is 25.7 Å². The van der Waals surface area contributed by atoms with E-state index in [1.807, 2.05) is 20.8 Å². The van der Waals surface area contributed by atoms with Gasteiger partial charge in [-0.25, -0.2) is 9.78 Å². The summed E-state index contributed by atoms with van der Waals surface area (Å²) in [6.07, 6.45) is 4.50. The van der Waals surface area contributed by atoms with Crippen molar-refractivity contribution in [1.29, 1.82) is 0 Å². The Morgan fingerprint density at radius 1 is 1.29 bits per heavy atom. The summed E-state index contributed by atoms with van der Waals surface area (Å²) in [4.78, 5) is 22.7. The molecule has 3 rings (SSSR count). The highest BCUT2D eigenvalue weighted by atomic mass is 16.6. The van der Waals surface area contributed by atoms with Gasteiger partial charge in [0.1, 0.15) is 11.4 Å². The van der Waals surface area contributed by atoms with Crippen molar-refractivity contribution in [2.45, 2.75) is 64.0 Å². The molecule has 132 valence electrons. The number of nitrogen functional groups attached to an aromatic ring is 1. The zero-order chi connectivity index (χ0) is 17.3. The number of carbonyl (C=O) groups excluding carboxylic acids is 1. The third-order valence-corrected chi connectivity index (χ3v) is 4.45. The van der Waals surface area contributed by atoms with E-state index >= 15 is 0 Å². The highest BCUT2D eigenvalue weighted by molar-refractivity contribution is 5.69. The predicted molar refractivity (Wildman–Crippen MR) is 93.0 cm³/mol. The number of carbonyl (C=O) groups is 1. The van der Waals surface area contributed by atoms with Gasteiger partial charge in [-0.05, 0) is 33.6 Å². The van der Waals surface area contributed by atoms with E-state index in [0.29, 0.717) is 25.0 Å². The summed E-state index contributed by atoms with van der Waals surface area (Å²) in [5, 5.41) is 2.88. The predicted octanol–water partition coefficient (Wildman–Crippen LogP) is 2.43. The molecule has 1 aromatic rings. The van der Waals surface area contributed by atoms with Gasteiger partial charge in [0.2, 0.25) is 5.95 Å². The maximum Gasteiger partial charge on any atom is 0.407 e. The smallest absolute Gasteiger partial charge is 0.407 e. The fourth-order valence-electron chi connectivity index (χ4n) is 3.30. The molecule has 0 atom stereocenters. The van der Waals surface area contributed by atoms with Crippen LogP contribution in [0.1, 0.15) is 58.1 Å². The first-order valence-electron chi connectivity index (χ1n) is 8.69. The monoisotopic (exact) mass is 333 g/mol. The summed E-state index contributed by atoms with van der Waals surface area (Å²) in [6.45, 7) is 6.98. The Hall–Kier alpha value is -2.05. The SMILES string of the molecule is CC(C)(C)OC(=O)NC1CN(c2cc(C3CCCC3)nc(N)n2)C1. The van der Waals surface area contributed by atoms with Crippen LogP contribution in [-0.4, -0.2) is 40.8 Å². The quantitative estimate of drug-likeness (QED) is 0.882. The molecule has 0 aromatic carbocycles. The number of hydrogen-bond acceptors (Lipinski definition) is 6. The van der Waals surface area contributed by atoms with Crippen LogP contribution in [0.5, 0.6) is 0 Å². The Morgan fingerprint density at radius 2 is 1.96 bits per heavy atom. The molecule has 2 heterocycles. The van der Waals surface area contributed by atoms with Crippen LogP contribution in [0.2, 0.25) is 0 Å². The Kier molecular flexibility index (Phi) is 4.51. The first kappa shape index (κ1) is 16.8. The molecule has 1 saturated carbocycles. The van der Waals surface area contributed by atoms with Crippen molar-refractivity contribution in [2.75, 3.05) is 23.7 Å². The Balaban J connectivity index is 1.56. The lowest BCUT2D eigenvalue weighted by molar-refractivity contribution is 0.0496. The third-order valence-electron chi connectivity index (χ3n) is 4.45. The van der Waals surface area contributed by atoms with Crippen LogP contribution in [0.4, 0.5) is 16.6 Å². The molecule has 7 heteroatoms. The molecule has 1 aromatic heterocycles. The second kappa shape index (κ2) is 6.45. The summed E-state index contributed by atoms with van der Waals surface area (Å²) in [5.41, 5.74) is 6.46. The van der Waals surface area contributed by atoms with Crippen molar-refractivity contribution in [3.63, 3.8) is 0 Å². The fraction of sp³-hybridized carbons (Fsp3) is 0.706. The number of nitrogens with one attached hydrogen (secondary N) is 1. The summed E-state index contributed by atoms with van der Waals surface area (Å²) in [6, 6.07) is 2.13. The summed E-state index contributed by atoms with van der Waals surface area (Å²) >= 11 is 0. The molecule has 24 heavy (non-hydrogen) atoms. The summed E-state index contributed by atoms with van der Waals surface area (Å²) in [7, 11) is 0. The van der Waals surface area contributed by atoms with E-state index in [4.69, 9.17) is 10.5 Å². The van der Waals surface area contributed by atoms with E-state index in [0.717, 1.165) is 11.5 Å². The van der Waals surface area contributed by atoms with Crippen LogP contribution in [-0.2, 0) is 4.74 Å². The molecule has 0 radical (unpaired) electrons. The maximum absolute atomic E-state index is 11.8. The number of aromatic nitrogens is 2. The molecule has 2 aliphatic rings. The number of rotatable bonds is 3. The topological polar surface area (TPSA) is 93.4 Å². The highest BCUT2D eigenvalue weighted by Gasteiger charge is 2.31. The standard InChI is InChI=1S/C17H27N5O2/c1-17(2,3)24-16(23)19-12-9-22(10-12)14-8-13(20-15(18)21-14)11-6-4-5-7-11/h8,11-12H,4-7,9-10H2,1-3H3,(H,19,23)(H2,18,20,21). The number of alkyl carbamates (subject to hydrolysis) is 1. The minimum atomic E-state index is -0.481. The molecule has 1 aliphatic carbocycles. The lowest BCUT2D eigenvalue weighted by Gasteiger charge is -2.40. The van der Waals surface area contributed by atoms with Crippen molar-refractivity contribution in [3.05, 3.63) is 11.8 Å². The van der Waals surface area contributed by atoms with Crippen molar-refractivity contribution >= 4 is 17.9 Å². The van der Waals surface area contributed by atoms with E-state index in [-0.39, 0.29) is 12.1 Å². The second-order valence-corrected chi connectivity index (χ2v) is 7.74. The van der Waals surface area contributed by atoms with Gasteiger partial charge >= 0.3 is 6.09 Å². The van der Waals surface area contributed by atoms with E-state index < -0.39 is 5.60 Å². The minimum Gasteiger partial charge on any atom is -0.444 e. The molecule has 0 spiro atoms. The Bertz CT molecular complexity index is 601. The lowest BCUT2D eigenvalue weighted by atomic mass is 10.0. The fourth-order valence-corrected chi connectivity index (χ4v) is 3.30. The molecule has 0 bridgehead atoms. The van der Waals surface area contributed by atoms with Crippen LogP contribution >= 0.6 is 0 Å². The van der Waals surface area contributed by atoms with Gasteiger partial charge in [0.15, 0.2) is 0 Å². The third kappa shape index (κ3) is 4.07. The van der Waals surface area contributed by atoms with Gasteiger partial charge in [-0.2, -0.15) is 4.98 Å². The number of hydrogen-bond donors (Lipinski definition) is 2. The van der Waals surface area contributed by atoms with Crippen molar-refractivity contribution in [2.24, 2.45) is 0 Å². The van der Waals surface area contributed by atoms with E-state index in [2.05, 4.69) is 26.3 Å². The van der Waals surface area contributed by atoms with Crippen LogP contribution < -0.4 is 16.0 Å². The van der Waals surface area contributed by atoms with Gasteiger partial charge in [-0.15, -0.1) is 0 Å². The first-order chi connectivity index (χ1) is 11.3. The van der Waals surface area contributed by atoms with Gasteiger partial charge in [-0.1, -0.05) is 12.8 Å². The average molecular weight is 333 g/mol. The maximum atomic E-state index is 11.8. The van der Waals surface area contributed by atoms with Crippen molar-refractivity contribution < 1.29 is 9.53 Å². The summed E-state index contributed by atoms with van der Waals surface area (Å²) < 4.78 is 5.28. The highest BCUT2D eigenvalue weighted by Crippen LogP contribution is 2.34. The second-order valence-electron chi connectivity index (χ2n) is 7.74. The van der Waals surface area contributed by atoms with Gasteiger partial charge in [0.25, 0.3) is 0 Å². The number of amides is 1. The largest absolute Gasteiger partial charge is 0.444 e. The Labute approximate surface area is 143 Å². The summed E-state index contributed by atoms with van der Waals surface area (Å²) in [5.74, 6) is 1.69. The van der Waals surface area contributed by atoms with E-state index in [9.17, 15) is 4.79 Å². The molecule has 0 unspecified atom stereocenters. The number of nitrogens with zero attached hydrogens (tertiary/aromatic N) is 3. The number of anilines is 2. The van der Waals surface area contributed by atoms with Crippen LogP contribution in [0, 0.1) is 0 Å². The molecule has 1 saturated heterocycles. The van der Waals surface area contributed by atoms with Gasteiger partial charge in [0.05, 0.1) is 11.7 Å². The molecule has 3 N–H and O–H groups in total. The lowest BCUT2D eigenvalue weighted by Crippen LogP contribution is -2.60. The molecule has 7 nitrogen and oxygen atoms in total. The molecular weight excluding hydrogens is 306 g/mol. The van der Waals surface area contributed by atoms with Gasteiger partial charge in [-0.3, -0.25) is 0 Å². The zero-order valence-electron chi connectivity index (χ0n) is 14.7. The van der Waals surface area contributed by atoms with Crippen molar-refractivity contribution in [1.82, 2.24) is 15.3 Å². The average Bonchev–Trinajstić information content (AvgIpc) is 2.93. The van der Waals surface area contributed by atoms with Gasteiger partial charge in [0, 0.05) is 25.1 Å². The number of nitrogens with two attached hydrogens (primary N) is 1. The minimum absolute atomic E-state index is 0.0750. The Morgan fingerprint density at radius 3 is 2.58 bits per heavy atom. The molecular formula is C17H27N5O2. The van der Waals surface area contributed by atoms with Crippen LogP contribution in [0.25, 0.3) is 0 Å². The van der Waals surface area contributed by atoms with Crippen LogP contribution in [0.3, 0.4) is 0 Å². The van der Waals surface area contributed by atoms with Crippen LogP contribution in [0.15, 0.2) is 6.07 Å². The van der Waals surface area contributed by atoms with Crippen molar-refractivity contribution in [3.8, 4) is 0 Å². The normalized spacial score (nSPS) is 19.2. The number of ether oxygens (including phenoxy) is 1. The van der Waals surface area contributed by atoms with E-state index in [1.54, 1.807) is 0 Å². The molecule has 2 fully saturated rings. The van der Waals surface area contributed by atoms with Gasteiger partial charge < -0.3 is 20.7 Å².